The molecule has 1 aliphatic heterocycles. The maximum atomic E-state index is 12.4. The topological polar surface area (TPSA) is 61.7 Å². The van der Waals surface area contributed by atoms with E-state index in [1.165, 1.54) is 7.11 Å². The first-order valence-electron chi connectivity index (χ1n) is 9.35. The van der Waals surface area contributed by atoms with E-state index >= 15 is 0 Å². The molecule has 1 aliphatic rings. The van der Waals surface area contributed by atoms with Crippen LogP contribution in [0.1, 0.15) is 34.2 Å². The van der Waals surface area contributed by atoms with E-state index in [1.54, 1.807) is 14.2 Å². The lowest BCUT2D eigenvalue weighted by molar-refractivity contribution is 0.0600. The Hall–Kier alpha value is -3.41. The first-order valence-corrected chi connectivity index (χ1v) is 9.35. The minimum absolute atomic E-state index is 0.350. The molecule has 4 rings (SSSR count). The molecule has 1 N–H and O–H groups in total. The summed E-state index contributed by atoms with van der Waals surface area (Å²) >= 11 is 0. The van der Waals surface area contributed by atoms with Crippen molar-refractivity contribution in [3.8, 4) is 17.2 Å². The van der Waals surface area contributed by atoms with Crippen molar-refractivity contribution >= 4 is 11.7 Å². The summed E-state index contributed by atoms with van der Waals surface area (Å²) < 4.78 is 18.0. The second-order valence-electron chi connectivity index (χ2n) is 7.19. The average molecular weight is 392 g/mol. The summed E-state index contributed by atoms with van der Waals surface area (Å²) in [6.45, 7) is 4.03. The number of aromatic nitrogens is 1. The molecule has 150 valence electrons. The van der Waals surface area contributed by atoms with E-state index in [2.05, 4.69) is 16.8 Å². The predicted octanol–water partition coefficient (Wildman–Crippen LogP) is 4.28. The SMILES string of the molecule is COC(=O)c1cc2n(c1C)-c1ccccc1NC2(C)c1ccc(OC)c(OC)c1. The molecule has 0 amide bonds. The molecule has 0 bridgehead atoms. The van der Waals surface area contributed by atoms with E-state index in [9.17, 15) is 4.79 Å². The van der Waals surface area contributed by atoms with Crippen LogP contribution in [0.4, 0.5) is 5.69 Å². The monoisotopic (exact) mass is 392 g/mol. The molecule has 3 aromatic rings. The first kappa shape index (κ1) is 18.9. The summed E-state index contributed by atoms with van der Waals surface area (Å²) in [6, 6.07) is 15.8. The molecule has 0 aliphatic carbocycles. The lowest BCUT2D eigenvalue weighted by Crippen LogP contribution is -2.39. The number of nitrogens with zero attached hydrogens (tertiary/aromatic N) is 1. The number of nitrogens with one attached hydrogen (secondary N) is 1. The fourth-order valence-electron chi connectivity index (χ4n) is 4.08. The van der Waals surface area contributed by atoms with Crippen LogP contribution >= 0.6 is 0 Å². The number of hydrogen-bond acceptors (Lipinski definition) is 5. The highest BCUT2D eigenvalue weighted by molar-refractivity contribution is 5.92. The lowest BCUT2D eigenvalue weighted by Gasteiger charge is -2.39. The number of carbonyl (C=O) groups excluding carboxylic acids is 1. The highest BCUT2D eigenvalue weighted by Gasteiger charge is 2.39. The Bertz CT molecular complexity index is 1100. The van der Waals surface area contributed by atoms with Crippen LogP contribution in [0, 0.1) is 6.92 Å². The standard InChI is InChI=1S/C23H24N2O4/c1-14-16(22(26)29-5)13-21-23(2,15-10-11-19(27-3)20(12-15)28-4)24-17-8-6-7-9-18(17)25(14)21/h6-13,24H,1-5H3. The third-order valence-corrected chi connectivity index (χ3v) is 5.66. The minimum atomic E-state index is -0.606. The molecular weight excluding hydrogens is 368 g/mol. The summed E-state index contributed by atoms with van der Waals surface area (Å²) in [6.07, 6.45) is 0. The van der Waals surface area contributed by atoms with Crippen molar-refractivity contribution in [2.24, 2.45) is 0 Å². The van der Waals surface area contributed by atoms with Crippen LogP contribution in [0.25, 0.3) is 5.69 Å². The van der Waals surface area contributed by atoms with Gasteiger partial charge in [0.05, 0.1) is 44.0 Å². The smallest absolute Gasteiger partial charge is 0.339 e. The van der Waals surface area contributed by atoms with Gasteiger partial charge in [0.1, 0.15) is 5.54 Å². The second-order valence-corrected chi connectivity index (χ2v) is 7.19. The largest absolute Gasteiger partial charge is 0.493 e. The maximum Gasteiger partial charge on any atom is 0.339 e. The van der Waals surface area contributed by atoms with Gasteiger partial charge in [0.2, 0.25) is 0 Å². The molecule has 0 radical (unpaired) electrons. The van der Waals surface area contributed by atoms with Gasteiger partial charge in [0, 0.05) is 5.69 Å². The number of methoxy groups -OCH3 is 3. The van der Waals surface area contributed by atoms with Crippen LogP contribution in [0.5, 0.6) is 11.5 Å². The van der Waals surface area contributed by atoms with Crippen molar-refractivity contribution in [2.75, 3.05) is 26.6 Å². The van der Waals surface area contributed by atoms with E-state index < -0.39 is 5.54 Å². The molecule has 6 nitrogen and oxygen atoms in total. The minimum Gasteiger partial charge on any atom is -0.493 e. The zero-order valence-electron chi connectivity index (χ0n) is 17.2. The number of rotatable bonds is 4. The molecule has 1 atom stereocenters. The molecular formula is C23H24N2O4. The van der Waals surface area contributed by atoms with Crippen molar-refractivity contribution in [3.05, 3.63) is 71.0 Å². The average Bonchev–Trinajstić information content (AvgIpc) is 3.11. The Morgan fingerprint density at radius 2 is 1.72 bits per heavy atom. The summed E-state index contributed by atoms with van der Waals surface area (Å²) in [5.41, 5.74) is 4.69. The fraction of sp³-hybridized carbons (Fsp3) is 0.261. The van der Waals surface area contributed by atoms with Crippen molar-refractivity contribution < 1.29 is 19.0 Å². The molecule has 2 heterocycles. The zero-order valence-corrected chi connectivity index (χ0v) is 17.2. The predicted molar refractivity (Wildman–Crippen MR) is 111 cm³/mol. The van der Waals surface area contributed by atoms with Crippen molar-refractivity contribution in [3.63, 3.8) is 0 Å². The Morgan fingerprint density at radius 3 is 2.41 bits per heavy atom. The molecule has 0 saturated heterocycles. The number of ether oxygens (including phenoxy) is 3. The van der Waals surface area contributed by atoms with Gasteiger partial charge in [-0.05, 0) is 49.7 Å². The number of fused-ring (bicyclic) bond motifs is 3. The summed E-state index contributed by atoms with van der Waals surface area (Å²) in [7, 11) is 4.64. The molecule has 29 heavy (non-hydrogen) atoms. The third kappa shape index (κ3) is 2.75. The number of benzene rings is 2. The quantitative estimate of drug-likeness (QED) is 0.672. The van der Waals surface area contributed by atoms with Gasteiger partial charge in [-0.15, -0.1) is 0 Å². The van der Waals surface area contributed by atoms with Gasteiger partial charge in [-0.2, -0.15) is 0 Å². The maximum absolute atomic E-state index is 12.4. The number of para-hydroxylation sites is 2. The van der Waals surface area contributed by atoms with Crippen molar-refractivity contribution in [2.45, 2.75) is 19.4 Å². The van der Waals surface area contributed by atoms with Crippen LogP contribution in [-0.4, -0.2) is 31.9 Å². The molecule has 1 aromatic heterocycles. The molecule has 0 fully saturated rings. The molecule has 0 spiro atoms. The Morgan fingerprint density at radius 1 is 1.00 bits per heavy atom. The molecule has 0 saturated carbocycles. The molecule has 2 aromatic carbocycles. The highest BCUT2D eigenvalue weighted by atomic mass is 16.5. The van der Waals surface area contributed by atoms with Gasteiger partial charge in [0.25, 0.3) is 0 Å². The van der Waals surface area contributed by atoms with Gasteiger partial charge < -0.3 is 24.1 Å². The van der Waals surface area contributed by atoms with Crippen LogP contribution in [0.2, 0.25) is 0 Å². The van der Waals surface area contributed by atoms with Gasteiger partial charge in [-0.3, -0.25) is 0 Å². The van der Waals surface area contributed by atoms with E-state index in [1.807, 2.05) is 55.5 Å². The Labute approximate surface area is 170 Å². The number of anilines is 1. The number of hydrogen-bond donors (Lipinski definition) is 1. The molecule has 1 unspecified atom stereocenters. The summed E-state index contributed by atoms with van der Waals surface area (Å²) in [4.78, 5) is 12.4. The van der Waals surface area contributed by atoms with Crippen molar-refractivity contribution in [1.82, 2.24) is 4.57 Å². The van der Waals surface area contributed by atoms with Crippen molar-refractivity contribution in [1.29, 1.82) is 0 Å². The number of esters is 1. The van der Waals surface area contributed by atoms with E-state index in [-0.39, 0.29) is 5.97 Å². The first-order chi connectivity index (χ1) is 13.9. The summed E-state index contributed by atoms with van der Waals surface area (Å²) in [5.74, 6) is 0.962. The van der Waals surface area contributed by atoms with E-state index in [0.717, 1.165) is 28.3 Å². The lowest BCUT2D eigenvalue weighted by atomic mass is 9.86. The fourth-order valence-corrected chi connectivity index (χ4v) is 4.08. The van der Waals surface area contributed by atoms with E-state index in [0.29, 0.717) is 17.1 Å². The highest BCUT2D eigenvalue weighted by Crippen LogP contribution is 2.45. The van der Waals surface area contributed by atoms with Crippen LogP contribution in [-0.2, 0) is 10.3 Å². The Kier molecular flexibility index (Phi) is 4.49. The van der Waals surface area contributed by atoms with Crippen LogP contribution in [0.3, 0.4) is 0 Å². The van der Waals surface area contributed by atoms with Crippen LogP contribution < -0.4 is 14.8 Å². The van der Waals surface area contributed by atoms with Gasteiger partial charge in [-0.25, -0.2) is 4.79 Å². The van der Waals surface area contributed by atoms with Gasteiger partial charge in [0.15, 0.2) is 11.5 Å². The summed E-state index contributed by atoms with van der Waals surface area (Å²) in [5, 5.41) is 3.66. The van der Waals surface area contributed by atoms with Gasteiger partial charge in [-0.1, -0.05) is 18.2 Å². The number of carbonyl (C=O) groups is 1. The van der Waals surface area contributed by atoms with Gasteiger partial charge >= 0.3 is 5.97 Å². The Balaban J connectivity index is 1.99. The van der Waals surface area contributed by atoms with Crippen LogP contribution in [0.15, 0.2) is 48.5 Å². The third-order valence-electron chi connectivity index (χ3n) is 5.66. The van der Waals surface area contributed by atoms with E-state index in [4.69, 9.17) is 14.2 Å². The zero-order chi connectivity index (χ0) is 20.8. The molecule has 6 heteroatoms. The normalized spacial score (nSPS) is 17.0. The second kappa shape index (κ2) is 6.88.